The van der Waals surface area contributed by atoms with Gasteiger partial charge in [-0.15, -0.1) is 0 Å². The Bertz CT molecular complexity index is 1430. The van der Waals surface area contributed by atoms with Crippen LogP contribution >= 0.6 is 11.6 Å². The van der Waals surface area contributed by atoms with Crippen LogP contribution < -0.4 is 10.1 Å². The zero-order valence-corrected chi connectivity index (χ0v) is 21.3. The Morgan fingerprint density at radius 1 is 1.08 bits per heavy atom. The molecule has 2 N–H and O–H groups in total. The van der Waals surface area contributed by atoms with Gasteiger partial charge in [-0.1, -0.05) is 35.9 Å². The van der Waals surface area contributed by atoms with E-state index in [9.17, 15) is 31.5 Å². The van der Waals surface area contributed by atoms with Crippen molar-refractivity contribution in [3.05, 3.63) is 94.4 Å². The second kappa shape index (κ2) is 14.6. The maximum Gasteiger partial charge on any atom is 0.387 e. The molecule has 1 aromatic heterocycles. The fourth-order valence-electron chi connectivity index (χ4n) is 3.23. The first kappa shape index (κ1) is 31.0. The third-order valence-corrected chi connectivity index (χ3v) is 5.33. The van der Waals surface area contributed by atoms with Crippen molar-refractivity contribution in [2.45, 2.75) is 20.5 Å². The Kier molecular flexibility index (Phi) is 11.6. The highest BCUT2D eigenvalue weighted by Crippen LogP contribution is 2.41. The third kappa shape index (κ3) is 8.92. The number of hydrogen-bond acceptors (Lipinski definition) is 4. The molecule has 1 heterocycles. The number of aryl methyl sites for hydroxylation is 1. The van der Waals surface area contributed by atoms with E-state index in [1.54, 1.807) is 18.3 Å². The molecule has 0 spiro atoms. The van der Waals surface area contributed by atoms with Crippen molar-refractivity contribution in [1.82, 2.24) is 10.3 Å². The van der Waals surface area contributed by atoms with Crippen LogP contribution in [0.5, 0.6) is 5.75 Å². The van der Waals surface area contributed by atoms with Crippen molar-refractivity contribution in [3.63, 3.8) is 0 Å². The first-order valence-electron chi connectivity index (χ1n) is 11.0. The normalized spacial score (nSPS) is 10.2. The van der Waals surface area contributed by atoms with Gasteiger partial charge in [0, 0.05) is 34.3 Å². The van der Waals surface area contributed by atoms with Crippen LogP contribution in [0.4, 0.5) is 22.0 Å². The highest BCUT2D eigenvalue weighted by atomic mass is 35.5. The van der Waals surface area contributed by atoms with Crippen LogP contribution in [-0.4, -0.2) is 35.6 Å². The topological polar surface area (TPSA) is 88.5 Å². The molecule has 4 aromatic rings. The number of hydrogen-bond donors (Lipinski definition) is 2. The summed E-state index contributed by atoms with van der Waals surface area (Å²) in [5, 5.41) is 10.6. The number of carboxylic acids is 1. The van der Waals surface area contributed by atoms with Gasteiger partial charge in [-0.2, -0.15) is 8.78 Å². The molecule has 6 nitrogen and oxygen atoms in total. The van der Waals surface area contributed by atoms with Crippen molar-refractivity contribution < 1.29 is 41.4 Å². The van der Waals surface area contributed by atoms with Gasteiger partial charge in [0.25, 0.3) is 0 Å². The van der Waals surface area contributed by atoms with Crippen LogP contribution in [0.1, 0.15) is 11.1 Å². The predicted molar refractivity (Wildman–Crippen MR) is 136 cm³/mol. The molecule has 1 amide bonds. The minimum Gasteiger partial charge on any atom is -0.480 e. The Hall–Kier alpha value is -4.25. The Morgan fingerprint density at radius 3 is 2.28 bits per heavy atom. The fourth-order valence-corrected chi connectivity index (χ4v) is 3.53. The number of carbonyl (C=O) groups is 2. The molecule has 0 saturated carbocycles. The summed E-state index contributed by atoms with van der Waals surface area (Å²) in [4.78, 5) is 23.2. The van der Waals surface area contributed by atoms with E-state index >= 15 is 0 Å². The third-order valence-electron chi connectivity index (χ3n) is 5.03. The van der Waals surface area contributed by atoms with E-state index in [1.165, 1.54) is 25.1 Å². The van der Waals surface area contributed by atoms with Gasteiger partial charge < -0.3 is 15.2 Å². The lowest BCUT2D eigenvalue weighted by molar-refractivity contribution is -0.136. The van der Waals surface area contributed by atoms with Gasteiger partial charge >= 0.3 is 12.6 Å². The summed E-state index contributed by atoms with van der Waals surface area (Å²) >= 11 is 6.10. The van der Waals surface area contributed by atoms with E-state index in [-0.39, 0.29) is 28.4 Å². The monoisotopic (exact) mass is 568 g/mol. The number of aromatic nitrogens is 1. The van der Waals surface area contributed by atoms with Crippen LogP contribution in [0.25, 0.3) is 22.0 Å². The molecule has 12 heteroatoms. The largest absolute Gasteiger partial charge is 0.480 e. The average Bonchev–Trinajstić information content (AvgIpc) is 2.87. The molecule has 206 valence electrons. The number of ether oxygens (including phenoxy) is 1. The Morgan fingerprint density at radius 2 is 1.74 bits per heavy atom. The summed E-state index contributed by atoms with van der Waals surface area (Å²) in [6, 6.07) is 12.9. The summed E-state index contributed by atoms with van der Waals surface area (Å²) in [6.45, 7) is -0.0681. The van der Waals surface area contributed by atoms with E-state index in [4.69, 9.17) is 16.7 Å². The number of nitrogens with zero attached hydrogens (tertiary/aromatic N) is 1. The van der Waals surface area contributed by atoms with Crippen molar-refractivity contribution in [3.8, 4) is 16.9 Å². The van der Waals surface area contributed by atoms with E-state index < -0.39 is 30.0 Å². The number of benzene rings is 3. The quantitative estimate of drug-likeness (QED) is 0.200. The maximum atomic E-state index is 13.5. The molecule has 0 aliphatic carbocycles. The van der Waals surface area contributed by atoms with Crippen LogP contribution in [0, 0.1) is 31.3 Å². The van der Waals surface area contributed by atoms with Crippen LogP contribution in [-0.2, 0) is 9.59 Å². The minimum absolute atomic E-state index is 0.0172. The first-order valence-corrected chi connectivity index (χ1v) is 11.4. The SMILES string of the molecule is Cc1c(F)cccc1F.Cc1ccc(-c2c(Cl)cc(F)cc2OC(F)F)c2ncccc12.O=CNCC(=O)O. The number of pyridine rings is 1. The van der Waals surface area contributed by atoms with Crippen molar-refractivity contribution in [1.29, 1.82) is 0 Å². The minimum atomic E-state index is -3.09. The standard InChI is InChI=1S/C17H11ClF3NO.C7H6F2.C3H5NO3/c1-9-4-5-12(16-11(9)3-2-6-22-16)15-13(18)7-10(19)8-14(15)23-17(20)21;1-5-6(8)3-2-4-7(5)9;5-2-4-1-3(6)7/h2-8,17H,1H3;2-4H,1H3;2H,1H2,(H,4,5)(H,6,7). The molecule has 0 fully saturated rings. The molecule has 39 heavy (non-hydrogen) atoms. The summed E-state index contributed by atoms with van der Waals surface area (Å²) in [5.41, 5.74) is 2.34. The molecule has 0 bridgehead atoms. The zero-order valence-electron chi connectivity index (χ0n) is 20.5. The fraction of sp³-hybridized carbons (Fsp3) is 0.148. The summed E-state index contributed by atoms with van der Waals surface area (Å²) < 4.78 is 68.0. The molecular weight excluding hydrogens is 547 g/mol. The van der Waals surface area contributed by atoms with Gasteiger partial charge in [0.05, 0.1) is 10.5 Å². The van der Waals surface area contributed by atoms with Gasteiger partial charge in [0.1, 0.15) is 29.7 Å². The molecular formula is C27H22ClF5N2O4. The van der Waals surface area contributed by atoms with Crippen LogP contribution in [0.15, 0.2) is 60.8 Å². The number of halogens is 6. The lowest BCUT2D eigenvalue weighted by atomic mass is 9.98. The highest BCUT2D eigenvalue weighted by Gasteiger charge is 2.19. The van der Waals surface area contributed by atoms with Gasteiger partial charge in [-0.3, -0.25) is 14.6 Å². The summed E-state index contributed by atoms with van der Waals surface area (Å²) in [6.07, 6.45) is 1.93. The van der Waals surface area contributed by atoms with Crippen molar-refractivity contribution >= 4 is 34.9 Å². The molecule has 0 unspecified atom stereocenters. The number of aliphatic carboxylic acids is 1. The average molecular weight is 569 g/mol. The number of amides is 1. The van der Waals surface area contributed by atoms with Gasteiger partial charge in [0.15, 0.2) is 0 Å². The van der Waals surface area contributed by atoms with Crippen LogP contribution in [0.3, 0.4) is 0 Å². The molecule has 0 atom stereocenters. The molecule has 0 aliphatic heterocycles. The van der Waals surface area contributed by atoms with Gasteiger partial charge in [0.2, 0.25) is 6.41 Å². The van der Waals surface area contributed by atoms with Crippen molar-refractivity contribution in [2.75, 3.05) is 6.54 Å². The second-order valence-corrected chi connectivity index (χ2v) is 8.12. The highest BCUT2D eigenvalue weighted by molar-refractivity contribution is 6.34. The lowest BCUT2D eigenvalue weighted by Crippen LogP contribution is -2.20. The van der Waals surface area contributed by atoms with E-state index in [2.05, 4.69) is 9.72 Å². The lowest BCUT2D eigenvalue weighted by Gasteiger charge is -2.15. The van der Waals surface area contributed by atoms with E-state index in [0.29, 0.717) is 17.5 Å². The number of alkyl halides is 2. The molecule has 4 rings (SSSR count). The summed E-state index contributed by atoms with van der Waals surface area (Å²) in [5.74, 6) is -3.09. The van der Waals surface area contributed by atoms with Gasteiger partial charge in [-0.25, -0.2) is 13.2 Å². The summed E-state index contributed by atoms with van der Waals surface area (Å²) in [7, 11) is 0. The molecule has 0 aliphatic rings. The van der Waals surface area contributed by atoms with E-state index in [0.717, 1.165) is 23.1 Å². The first-order chi connectivity index (χ1) is 18.5. The zero-order chi connectivity index (χ0) is 29.1. The number of nitrogens with one attached hydrogen (secondary N) is 1. The number of fused-ring (bicyclic) bond motifs is 1. The maximum absolute atomic E-state index is 13.5. The predicted octanol–water partition coefficient (Wildman–Crippen LogP) is 6.69. The van der Waals surface area contributed by atoms with Crippen LogP contribution in [0.2, 0.25) is 5.02 Å². The molecule has 0 radical (unpaired) electrons. The Labute approximate surface area is 225 Å². The van der Waals surface area contributed by atoms with Gasteiger partial charge in [-0.05, 0) is 43.7 Å². The van der Waals surface area contributed by atoms with E-state index in [1.807, 2.05) is 24.4 Å². The molecule has 0 saturated heterocycles. The number of rotatable bonds is 6. The van der Waals surface area contributed by atoms with Crippen molar-refractivity contribution in [2.24, 2.45) is 0 Å². The second-order valence-electron chi connectivity index (χ2n) is 7.71. The number of carbonyl (C=O) groups excluding carboxylic acids is 1. The number of carboxylic acid groups (broad SMARTS) is 1. The molecule has 3 aromatic carbocycles. The smallest absolute Gasteiger partial charge is 0.387 e. The Balaban J connectivity index is 0.000000273.